The molecule has 4 aliphatic rings. The van der Waals surface area contributed by atoms with E-state index in [1.165, 1.54) is 34.3 Å². The summed E-state index contributed by atoms with van der Waals surface area (Å²) in [6.45, 7) is 7.84. The number of cyclic esters (lactones) is 1. The molecule has 0 unspecified atom stereocenters. The normalized spacial score (nSPS) is 42.8. The second-order valence-corrected chi connectivity index (χ2v) is 16.9. The van der Waals surface area contributed by atoms with Crippen LogP contribution in [0.4, 0.5) is 0 Å². The van der Waals surface area contributed by atoms with Crippen LogP contribution in [-0.4, -0.2) is 126 Å². The van der Waals surface area contributed by atoms with Crippen LogP contribution in [0.2, 0.25) is 0 Å². The number of carbonyl (C=O) groups excluding carboxylic acids is 4. The highest BCUT2D eigenvalue weighted by atomic mass is 16.7. The first-order valence-electron chi connectivity index (χ1n) is 22.5. The predicted molar refractivity (Wildman–Crippen MR) is 213 cm³/mol. The average Bonchev–Trinajstić information content (AvgIpc) is 3.22. The van der Waals surface area contributed by atoms with Crippen molar-refractivity contribution in [2.75, 3.05) is 27.9 Å². The SMILES string of the molecule is [2H][13C]([2H])=CC[C@@H]1/C=C(\C)C[C@H](C)C[C@H](OC)[C@H]2O[C@@](O)(C(=O)C(=O)N3CCCC[C@H]3C(=O)O[C@H](/C(C)=C/[C@@H]3CC[C@@H](O)[C@H](OC)C3)[C@H](C)[C@@H](O)C([2H])([2H])C1=O)[C@H](C)C[C@@H]2OC. The number of aliphatic hydroxyl groups is 3. The van der Waals surface area contributed by atoms with Gasteiger partial charge in [0.15, 0.2) is 0 Å². The van der Waals surface area contributed by atoms with E-state index in [4.69, 9.17) is 29.2 Å². The monoisotopic (exact) mass is 809 g/mol. The Morgan fingerprint density at radius 2 is 1.68 bits per heavy atom. The summed E-state index contributed by atoms with van der Waals surface area (Å²) in [4.78, 5) is 58.3. The lowest BCUT2D eigenvalue weighted by atomic mass is 9.81. The number of nitrogens with zero attached hydrogens (tertiary/aromatic N) is 1. The van der Waals surface area contributed by atoms with Gasteiger partial charge in [-0.2, -0.15) is 0 Å². The lowest BCUT2D eigenvalue weighted by Crippen LogP contribution is -2.64. The molecular formula is C44H69NO12. The van der Waals surface area contributed by atoms with Gasteiger partial charge in [-0.15, -0.1) is 6.53 Å². The second kappa shape index (κ2) is 21.0. The molecule has 13 nitrogen and oxygen atoms in total. The molecule has 3 heterocycles. The molecule has 3 aliphatic heterocycles. The zero-order valence-electron chi connectivity index (χ0n) is 39.0. The fourth-order valence-electron chi connectivity index (χ4n) is 9.14. The summed E-state index contributed by atoms with van der Waals surface area (Å²) < 4.78 is 63.1. The Balaban J connectivity index is 1.86. The first kappa shape index (κ1) is 41.0. The number of hydrogen-bond donors (Lipinski definition) is 3. The van der Waals surface area contributed by atoms with Crippen molar-refractivity contribution in [2.45, 2.75) is 160 Å². The first-order chi connectivity index (χ1) is 28.6. The maximum absolute atomic E-state index is 14.4. The van der Waals surface area contributed by atoms with Gasteiger partial charge >= 0.3 is 5.97 Å². The highest BCUT2D eigenvalue weighted by molar-refractivity contribution is 6.39. The van der Waals surface area contributed by atoms with Crippen LogP contribution in [0.15, 0.2) is 35.9 Å². The molecule has 0 aromatic rings. The van der Waals surface area contributed by atoms with Crippen molar-refractivity contribution in [2.24, 2.45) is 29.6 Å². The van der Waals surface area contributed by atoms with Gasteiger partial charge in [-0.1, -0.05) is 44.6 Å². The summed E-state index contributed by atoms with van der Waals surface area (Å²) in [5, 5.41) is 34.4. The smallest absolute Gasteiger partial charge is 0.329 e. The van der Waals surface area contributed by atoms with Crippen molar-refractivity contribution >= 4 is 23.4 Å². The standard InChI is InChI=1S/C44H69NO12/c1-10-13-31-19-25(2)18-26(3)20-37(54-8)40-38(55-9)22-28(5)44(52,57-40)41(49)42(50)45-17-12-11-14-32(45)43(51)56-39(29(6)34(47)24-35(31)48)27(4)21-30-15-16-33(46)36(23-30)53-7/h10,19,21,26,28-34,36-40,46-47,52H,1,11-18,20,22-24H2,2-9H3/b25-19+,27-21+/t26-,28+,29+,30-,31+,32-,33+,34-,36+,37-,38-,39+,40+,44+/m0/s1/i1+1D2,24D2. The molecule has 3 N–H and O–H groups in total. The molecule has 1 amide bonds. The van der Waals surface area contributed by atoms with Crippen LogP contribution in [0.25, 0.3) is 0 Å². The van der Waals surface area contributed by atoms with Crippen LogP contribution in [0.1, 0.15) is 111 Å². The number of Topliss-reactive ketones (excluding diaryl/α,β-unsaturated/α-hetero) is 2. The number of ketones is 2. The van der Waals surface area contributed by atoms with Crippen LogP contribution in [-0.2, 0) is 42.9 Å². The number of hydrogen-bond acceptors (Lipinski definition) is 12. The van der Waals surface area contributed by atoms with E-state index in [9.17, 15) is 34.5 Å². The predicted octanol–water partition coefficient (Wildman–Crippen LogP) is 4.64. The molecule has 2 bridgehead atoms. The van der Waals surface area contributed by atoms with Crippen LogP contribution in [0.5, 0.6) is 0 Å². The number of amides is 1. The number of esters is 1. The number of piperidine rings is 1. The van der Waals surface area contributed by atoms with Gasteiger partial charge in [-0.25, -0.2) is 4.79 Å². The molecule has 0 radical (unpaired) electrons. The third-order valence-electron chi connectivity index (χ3n) is 12.5. The van der Waals surface area contributed by atoms with Crippen LogP contribution in [0, 0.1) is 29.6 Å². The van der Waals surface area contributed by atoms with Gasteiger partial charge in [0.05, 0.1) is 33.3 Å². The van der Waals surface area contributed by atoms with Crippen LogP contribution < -0.4 is 0 Å². The number of allylic oxidation sites excluding steroid dienone is 4. The Hall–Kier alpha value is -2.78. The Morgan fingerprint density at radius 1 is 1.00 bits per heavy atom. The number of rotatable bonds is 7. The third kappa shape index (κ3) is 11.3. The minimum absolute atomic E-state index is 0.00476. The van der Waals surface area contributed by atoms with Crippen molar-refractivity contribution in [1.82, 2.24) is 4.90 Å². The molecule has 1 saturated carbocycles. The second-order valence-electron chi connectivity index (χ2n) is 16.9. The fraction of sp³-hybridized carbons (Fsp3) is 0.773. The topological polar surface area (TPSA) is 178 Å². The summed E-state index contributed by atoms with van der Waals surface area (Å²) in [5.74, 6) is -10.5. The minimum atomic E-state index is -2.92. The molecule has 0 aromatic heterocycles. The molecule has 14 atom stereocenters. The van der Waals surface area contributed by atoms with E-state index >= 15 is 0 Å². The summed E-state index contributed by atoms with van der Waals surface area (Å²) in [7, 11) is 4.44. The molecular weight excluding hydrogens is 735 g/mol. The van der Waals surface area contributed by atoms with E-state index < -0.39 is 109 Å². The van der Waals surface area contributed by atoms with Crippen LogP contribution in [0.3, 0.4) is 0 Å². The van der Waals surface area contributed by atoms with E-state index in [1.54, 1.807) is 26.8 Å². The molecule has 322 valence electrons. The van der Waals surface area contributed by atoms with Gasteiger partial charge in [0.1, 0.15) is 24.0 Å². The number of methoxy groups -OCH3 is 3. The molecule has 0 spiro atoms. The zero-order chi connectivity index (χ0) is 45.6. The number of aliphatic hydroxyl groups excluding tert-OH is 2. The number of ether oxygens (including phenoxy) is 5. The van der Waals surface area contributed by atoms with E-state index in [-0.39, 0.29) is 37.6 Å². The van der Waals surface area contributed by atoms with Gasteiger partial charge < -0.3 is 43.9 Å². The van der Waals surface area contributed by atoms with Crippen molar-refractivity contribution in [3.63, 3.8) is 0 Å². The lowest BCUT2D eigenvalue weighted by molar-refractivity contribution is -0.302. The average molecular weight is 809 g/mol. The fourth-order valence-corrected chi connectivity index (χ4v) is 9.14. The van der Waals surface area contributed by atoms with Crippen molar-refractivity contribution < 1.29 is 63.7 Å². The summed E-state index contributed by atoms with van der Waals surface area (Å²) >= 11 is 0. The van der Waals surface area contributed by atoms with Crippen molar-refractivity contribution in [3.05, 3.63) is 35.9 Å². The zero-order valence-corrected chi connectivity index (χ0v) is 35.0. The van der Waals surface area contributed by atoms with E-state index in [0.717, 1.165) is 4.90 Å². The maximum Gasteiger partial charge on any atom is 0.329 e. The maximum atomic E-state index is 14.4. The molecule has 0 aromatic carbocycles. The minimum Gasteiger partial charge on any atom is -0.456 e. The lowest BCUT2D eigenvalue weighted by Gasteiger charge is -2.47. The van der Waals surface area contributed by atoms with E-state index in [1.807, 2.05) is 13.0 Å². The largest absolute Gasteiger partial charge is 0.456 e. The molecule has 4 rings (SSSR count). The van der Waals surface area contributed by atoms with Crippen LogP contribution >= 0.6 is 0 Å². The quantitative estimate of drug-likeness (QED) is 0.141. The Kier molecular flexibility index (Phi) is 15.1. The number of fused-ring (bicyclic) bond motifs is 3. The Morgan fingerprint density at radius 3 is 2.35 bits per heavy atom. The summed E-state index contributed by atoms with van der Waals surface area (Å²) in [5.41, 5.74) is 1.12. The van der Waals surface area contributed by atoms with Gasteiger partial charge in [0.2, 0.25) is 5.79 Å². The Labute approximate surface area is 344 Å². The summed E-state index contributed by atoms with van der Waals surface area (Å²) in [6.07, 6.45) is -1.98. The molecule has 3 fully saturated rings. The first-order valence-corrected chi connectivity index (χ1v) is 20.5. The van der Waals surface area contributed by atoms with Gasteiger partial charge in [0.25, 0.3) is 11.7 Å². The van der Waals surface area contributed by atoms with Gasteiger partial charge in [-0.3, -0.25) is 14.4 Å². The summed E-state index contributed by atoms with van der Waals surface area (Å²) in [6, 6.07) is -1.29. The third-order valence-corrected chi connectivity index (χ3v) is 12.5. The highest BCUT2D eigenvalue weighted by Crippen LogP contribution is 2.39. The van der Waals surface area contributed by atoms with E-state index in [2.05, 4.69) is 0 Å². The molecule has 1 aliphatic carbocycles. The van der Waals surface area contributed by atoms with E-state index in [0.29, 0.717) is 56.1 Å². The van der Waals surface area contributed by atoms with Gasteiger partial charge in [0, 0.05) is 54.7 Å². The van der Waals surface area contributed by atoms with Crippen molar-refractivity contribution in [3.8, 4) is 0 Å². The number of carbonyl (C=O) groups is 4. The highest BCUT2D eigenvalue weighted by Gasteiger charge is 2.56. The molecule has 2 saturated heterocycles. The van der Waals surface area contributed by atoms with Gasteiger partial charge in [-0.05, 0) is 95.5 Å². The van der Waals surface area contributed by atoms with Crippen molar-refractivity contribution in [1.29, 1.82) is 0 Å². The molecule has 57 heavy (non-hydrogen) atoms. The Bertz CT molecular complexity index is 1650. The molecule has 13 heteroatoms.